The number of amides is 2. The highest BCUT2D eigenvalue weighted by molar-refractivity contribution is 8.76. The van der Waals surface area contributed by atoms with Crippen molar-refractivity contribution in [2.24, 2.45) is 0 Å². The normalized spacial score (nSPS) is 32.2. The summed E-state index contributed by atoms with van der Waals surface area (Å²) in [5, 5.41) is 14.5. The Hall–Kier alpha value is -2.46. The minimum Gasteiger partial charge on any atom is -0.495 e. The smallest absolute Gasteiger partial charge is 0.409 e. The number of carbonyl (C=O) groups is 3. The zero-order valence-electron chi connectivity index (χ0n) is 29.0. The van der Waals surface area contributed by atoms with Crippen LogP contribution in [0.15, 0.2) is 35.9 Å². The summed E-state index contributed by atoms with van der Waals surface area (Å²) in [6.45, 7) is 6.10. The van der Waals surface area contributed by atoms with Gasteiger partial charge in [-0.25, -0.2) is 4.79 Å². The molecule has 0 aromatic heterocycles. The molecule has 0 spiro atoms. The summed E-state index contributed by atoms with van der Waals surface area (Å²) in [5.74, 6) is 0.265. The molecule has 4 aliphatic rings. The maximum Gasteiger partial charge on any atom is 0.409 e. The number of benzene rings is 1. The van der Waals surface area contributed by atoms with Gasteiger partial charge >= 0.3 is 12.1 Å². The lowest BCUT2D eigenvalue weighted by atomic mass is 9.72. The number of nitrogens with one attached hydrogen (secondary N) is 1. The predicted molar refractivity (Wildman–Crippen MR) is 190 cm³/mol. The maximum absolute atomic E-state index is 13.9. The van der Waals surface area contributed by atoms with Gasteiger partial charge in [-0.05, 0) is 51.1 Å². The molecule has 2 N–H and O–H groups in total. The molecule has 0 radical (unpaired) electrons. The number of rotatable bonds is 10. The average molecular weight is 743 g/mol. The molecule has 0 saturated carbocycles. The van der Waals surface area contributed by atoms with Gasteiger partial charge in [-0.15, -0.1) is 0 Å². The van der Waals surface area contributed by atoms with Crippen molar-refractivity contribution in [3.63, 3.8) is 0 Å². The quantitative estimate of drug-likeness (QED) is 0.184. The van der Waals surface area contributed by atoms with Crippen molar-refractivity contribution in [1.29, 1.82) is 0 Å². The fourth-order valence-corrected chi connectivity index (χ4v) is 7.92. The number of halogens is 1. The Morgan fingerprint density at radius 1 is 1.20 bits per heavy atom. The molecule has 272 valence electrons. The molecule has 6 bridgehead atoms. The van der Waals surface area contributed by atoms with E-state index in [9.17, 15) is 19.5 Å². The van der Waals surface area contributed by atoms with Gasteiger partial charge in [0.15, 0.2) is 5.72 Å². The average Bonchev–Trinajstić information content (AvgIpc) is 3.03. The van der Waals surface area contributed by atoms with Gasteiger partial charge in [0.1, 0.15) is 40.3 Å². The molecule has 1 aromatic carbocycles. The number of carbonyl (C=O) groups excluding carboxylic acids is 3. The number of ether oxygens (including phenoxy) is 6. The molecule has 2 amide bonds. The van der Waals surface area contributed by atoms with Crippen LogP contribution in [0.4, 0.5) is 10.5 Å². The summed E-state index contributed by atoms with van der Waals surface area (Å²) in [7, 11) is 7.85. The van der Waals surface area contributed by atoms with Crippen LogP contribution in [0.3, 0.4) is 0 Å². The largest absolute Gasteiger partial charge is 0.495 e. The zero-order valence-corrected chi connectivity index (χ0v) is 31.4. The van der Waals surface area contributed by atoms with Crippen LogP contribution in [0.25, 0.3) is 0 Å². The van der Waals surface area contributed by atoms with Crippen molar-refractivity contribution in [2.45, 2.75) is 88.1 Å². The van der Waals surface area contributed by atoms with Gasteiger partial charge in [0.2, 0.25) is 5.91 Å². The number of aliphatic hydroxyl groups is 1. The number of anilines is 1. The molecule has 15 heteroatoms. The van der Waals surface area contributed by atoms with E-state index in [0.29, 0.717) is 24.5 Å². The van der Waals surface area contributed by atoms with Gasteiger partial charge < -0.3 is 38.4 Å². The van der Waals surface area contributed by atoms with E-state index in [2.05, 4.69) is 5.32 Å². The second-order valence-corrected chi connectivity index (χ2v) is 16.0. The van der Waals surface area contributed by atoms with Crippen molar-refractivity contribution in [2.75, 3.05) is 51.4 Å². The van der Waals surface area contributed by atoms with Crippen LogP contribution in [-0.4, -0.2) is 105 Å². The summed E-state index contributed by atoms with van der Waals surface area (Å²) in [5.41, 5.74) is -1.82. The molecular formula is C34H47ClN2O10S2. The Balaban J connectivity index is 1.70. The lowest BCUT2D eigenvalue weighted by Gasteiger charge is -2.59. The van der Waals surface area contributed by atoms with E-state index < -0.39 is 47.3 Å². The number of nitrogens with zero attached hydrogens (tertiary/aromatic N) is 1. The van der Waals surface area contributed by atoms with Gasteiger partial charge in [-0.3, -0.25) is 14.9 Å². The van der Waals surface area contributed by atoms with Crippen LogP contribution in [0.2, 0.25) is 5.02 Å². The molecule has 2 saturated heterocycles. The Bertz CT molecular complexity index is 1440. The highest BCUT2D eigenvalue weighted by atomic mass is 35.5. The second-order valence-electron chi connectivity index (χ2n) is 12.9. The Morgan fingerprint density at radius 3 is 2.61 bits per heavy atom. The third kappa shape index (κ3) is 9.46. The molecule has 2 fully saturated rings. The highest BCUT2D eigenvalue weighted by Gasteiger charge is 2.63. The SMILES string of the molecule is COc1cc2cc(c1Cl)N(C)C(=O)C[C@H](OC(=O)CCOCCSSC)[C@@]1(C)C[C@](C)(O1)[C@@H]1C[C@@](O)(NC(=O)O1)[C@H](OC)/C=C/C=C(\C)C2. The minimum absolute atomic E-state index is 0.0133. The van der Waals surface area contributed by atoms with Crippen molar-refractivity contribution in [1.82, 2.24) is 5.32 Å². The summed E-state index contributed by atoms with van der Waals surface area (Å²) in [4.78, 5) is 41.3. The fourth-order valence-electron chi connectivity index (χ4n) is 6.55. The number of hydrogen-bond acceptors (Lipinski definition) is 12. The third-order valence-electron chi connectivity index (χ3n) is 9.02. The van der Waals surface area contributed by atoms with Gasteiger partial charge in [-0.1, -0.05) is 57.0 Å². The first-order valence-corrected chi connectivity index (χ1v) is 19.1. The molecule has 5 rings (SSSR count). The fraction of sp³-hybridized carbons (Fsp3) is 0.618. The van der Waals surface area contributed by atoms with Crippen molar-refractivity contribution < 1.29 is 47.9 Å². The maximum atomic E-state index is 13.9. The molecule has 1 aromatic rings. The molecule has 12 nitrogen and oxygen atoms in total. The Kier molecular flexibility index (Phi) is 13.4. The van der Waals surface area contributed by atoms with Crippen molar-refractivity contribution in [3.05, 3.63) is 46.5 Å². The van der Waals surface area contributed by atoms with E-state index in [-0.39, 0.29) is 43.2 Å². The number of allylic oxidation sites excluding steroid dienone is 3. The van der Waals surface area contributed by atoms with Crippen molar-refractivity contribution in [3.8, 4) is 5.75 Å². The summed E-state index contributed by atoms with van der Waals surface area (Å²) in [6.07, 6.45) is 4.04. The first-order valence-electron chi connectivity index (χ1n) is 16.0. The Morgan fingerprint density at radius 2 is 1.94 bits per heavy atom. The summed E-state index contributed by atoms with van der Waals surface area (Å²) < 4.78 is 34.9. The van der Waals surface area contributed by atoms with Crippen LogP contribution in [0.1, 0.15) is 52.0 Å². The third-order valence-corrected chi connectivity index (χ3v) is 11.2. The van der Waals surface area contributed by atoms with Gasteiger partial charge in [-0.2, -0.15) is 0 Å². The molecule has 49 heavy (non-hydrogen) atoms. The van der Waals surface area contributed by atoms with E-state index in [1.807, 2.05) is 31.4 Å². The summed E-state index contributed by atoms with van der Waals surface area (Å²) in [6, 6.07) is 3.63. The van der Waals surface area contributed by atoms with Gasteiger partial charge in [0.05, 0.1) is 38.9 Å². The summed E-state index contributed by atoms with van der Waals surface area (Å²) >= 11 is 6.73. The van der Waals surface area contributed by atoms with Crippen LogP contribution in [0, 0.1) is 0 Å². The highest BCUT2D eigenvalue weighted by Crippen LogP contribution is 2.50. The molecule has 4 heterocycles. The lowest BCUT2D eigenvalue weighted by molar-refractivity contribution is -0.328. The lowest BCUT2D eigenvalue weighted by Crippen LogP contribution is -2.72. The molecule has 4 aliphatic heterocycles. The Labute approximate surface area is 300 Å². The van der Waals surface area contributed by atoms with Crippen LogP contribution in [-0.2, 0) is 39.7 Å². The molecule has 0 unspecified atom stereocenters. The molecule has 6 atom stereocenters. The van der Waals surface area contributed by atoms with E-state index in [1.165, 1.54) is 19.1 Å². The van der Waals surface area contributed by atoms with E-state index in [4.69, 9.17) is 40.0 Å². The topological polar surface area (TPSA) is 142 Å². The molecular weight excluding hydrogens is 696 g/mol. The number of fused-ring (bicyclic) bond motifs is 6. The van der Waals surface area contributed by atoms with Gasteiger partial charge in [0, 0.05) is 32.8 Å². The number of alkyl carbamates (subject to hydrolysis) is 1. The van der Waals surface area contributed by atoms with Crippen LogP contribution < -0.4 is 15.0 Å². The number of hydrogen-bond donors (Lipinski definition) is 2. The first-order chi connectivity index (χ1) is 23.2. The monoisotopic (exact) mass is 742 g/mol. The van der Waals surface area contributed by atoms with E-state index in [1.54, 1.807) is 54.6 Å². The van der Waals surface area contributed by atoms with Gasteiger partial charge in [0.25, 0.3) is 0 Å². The number of esters is 1. The van der Waals surface area contributed by atoms with E-state index >= 15 is 0 Å². The van der Waals surface area contributed by atoms with Crippen LogP contribution in [0.5, 0.6) is 5.75 Å². The first kappa shape index (κ1) is 39.3. The minimum atomic E-state index is -1.81. The molecule has 0 aliphatic carbocycles. The standard InChI is InChI=1S/C34H47ClN2O10S2/c1-21-9-8-10-25(43-6)34(41)19-27(46-31(40)36-34)33(3)20-32(2,47-33)26(45-29(39)11-12-44-13-14-49-48-7)18-28(38)37(4)23-16-22(15-21)17-24(42-5)30(23)35/h8-10,16-17,25-27,41H,11-15,18-20H2,1-7H3,(H,36,40)/b10-8+,21-9+/t25-,26+,27+,32-,33+,34+/m1/s1. The van der Waals surface area contributed by atoms with E-state index in [0.717, 1.165) is 16.9 Å². The number of methoxy groups -OCH3 is 2. The van der Waals surface area contributed by atoms with Crippen LogP contribution >= 0.6 is 33.2 Å². The predicted octanol–water partition coefficient (Wildman–Crippen LogP) is 5.23. The zero-order chi connectivity index (χ0) is 36.0. The van der Waals surface area contributed by atoms with Crippen molar-refractivity contribution >= 4 is 56.8 Å². The second kappa shape index (κ2) is 16.7.